The predicted molar refractivity (Wildman–Crippen MR) is 120 cm³/mol. The molecule has 31 heavy (non-hydrogen) atoms. The molecular weight excluding hydrogens is 388 g/mol. The molecule has 2 N–H and O–H groups in total. The Morgan fingerprint density at radius 2 is 1.52 bits per heavy atom. The molecule has 0 bridgehead atoms. The summed E-state index contributed by atoms with van der Waals surface area (Å²) >= 11 is 0. The van der Waals surface area contributed by atoms with E-state index in [9.17, 15) is 9.59 Å². The van der Waals surface area contributed by atoms with Crippen LogP contribution in [-0.4, -0.2) is 41.7 Å². The highest BCUT2D eigenvalue weighted by molar-refractivity contribution is 6.10. The first-order valence-electron chi connectivity index (χ1n) is 10.0. The van der Waals surface area contributed by atoms with E-state index in [1.54, 1.807) is 32.3 Å². The minimum atomic E-state index is -1.17. The van der Waals surface area contributed by atoms with Crippen molar-refractivity contribution in [2.24, 2.45) is 0 Å². The molecule has 4 rings (SSSR count). The zero-order valence-corrected chi connectivity index (χ0v) is 17.5. The monoisotopic (exact) mass is 412 g/mol. The van der Waals surface area contributed by atoms with Gasteiger partial charge >= 0.3 is 0 Å². The molecule has 0 aliphatic carbocycles. The molecule has 1 saturated heterocycles. The highest BCUT2D eigenvalue weighted by Crippen LogP contribution is 2.36. The molecule has 3 aromatic rings. The zero-order chi connectivity index (χ0) is 22.0. The summed E-state index contributed by atoms with van der Waals surface area (Å²) in [5.41, 5.74) is 1.71. The van der Waals surface area contributed by atoms with Gasteiger partial charge in [0.05, 0.1) is 6.54 Å². The maximum atomic E-state index is 13.8. The number of hydrogen-bond donors (Lipinski definition) is 2. The number of amides is 2. The number of guanidine groups is 1. The van der Waals surface area contributed by atoms with E-state index in [1.807, 2.05) is 66.7 Å². The van der Waals surface area contributed by atoms with Crippen LogP contribution >= 0.6 is 0 Å². The largest absolute Gasteiger partial charge is 0.345 e. The summed E-state index contributed by atoms with van der Waals surface area (Å²) < 4.78 is 0. The highest BCUT2D eigenvalue weighted by atomic mass is 16.2. The zero-order valence-electron chi connectivity index (χ0n) is 17.5. The van der Waals surface area contributed by atoms with Crippen molar-refractivity contribution in [2.45, 2.75) is 12.1 Å². The van der Waals surface area contributed by atoms with Gasteiger partial charge in [0.15, 0.2) is 11.5 Å². The van der Waals surface area contributed by atoms with E-state index in [1.165, 1.54) is 9.80 Å². The van der Waals surface area contributed by atoms with Crippen LogP contribution in [0.15, 0.2) is 84.9 Å². The molecule has 2 amide bonds. The van der Waals surface area contributed by atoms with Crippen molar-refractivity contribution in [2.75, 3.05) is 14.1 Å². The van der Waals surface area contributed by atoms with E-state index in [0.717, 1.165) is 16.7 Å². The summed E-state index contributed by atoms with van der Waals surface area (Å²) in [5.74, 6) is -0.299. The van der Waals surface area contributed by atoms with Crippen molar-refractivity contribution in [3.05, 3.63) is 107 Å². The Morgan fingerprint density at radius 3 is 2.06 bits per heavy atom. The molecule has 1 aliphatic heterocycles. The summed E-state index contributed by atoms with van der Waals surface area (Å²) in [6.45, 7) is 0.195. The van der Waals surface area contributed by atoms with E-state index in [2.05, 4.69) is 5.32 Å². The molecule has 0 aromatic heterocycles. The lowest BCUT2D eigenvalue weighted by molar-refractivity contribution is -0.130. The fourth-order valence-corrected chi connectivity index (χ4v) is 3.93. The Bertz CT molecular complexity index is 1090. The summed E-state index contributed by atoms with van der Waals surface area (Å²) in [5, 5.41) is 11.7. The lowest BCUT2D eigenvalue weighted by Gasteiger charge is -2.28. The fourth-order valence-electron chi connectivity index (χ4n) is 3.93. The molecule has 0 saturated carbocycles. The third kappa shape index (κ3) is 3.57. The SMILES string of the molecule is CN(C)C(=O)c1cccc(CN2C(=N)NC(c3ccccc3)(c3ccccc3)C2=O)c1. The van der Waals surface area contributed by atoms with Crippen LogP contribution in [0.1, 0.15) is 27.0 Å². The standard InChI is InChI=1S/C25H24N4O2/c1-28(2)22(30)19-11-9-10-18(16-19)17-29-23(31)25(27-24(29)26,20-12-5-3-6-13-20)21-14-7-4-8-15-21/h3-16H,17H2,1-2H3,(H2,26,27). The van der Waals surface area contributed by atoms with Crippen LogP contribution in [0, 0.1) is 5.41 Å². The van der Waals surface area contributed by atoms with E-state index in [4.69, 9.17) is 5.41 Å². The molecule has 0 atom stereocenters. The van der Waals surface area contributed by atoms with Crippen LogP contribution in [0.2, 0.25) is 0 Å². The lowest BCUT2D eigenvalue weighted by Crippen LogP contribution is -2.45. The van der Waals surface area contributed by atoms with E-state index >= 15 is 0 Å². The lowest BCUT2D eigenvalue weighted by atomic mass is 9.82. The molecule has 3 aromatic carbocycles. The number of carbonyl (C=O) groups excluding carboxylic acids is 2. The molecule has 1 fully saturated rings. The number of rotatable bonds is 5. The van der Waals surface area contributed by atoms with Crippen LogP contribution in [0.3, 0.4) is 0 Å². The van der Waals surface area contributed by atoms with Gasteiger partial charge < -0.3 is 10.2 Å². The number of nitrogens with zero attached hydrogens (tertiary/aromatic N) is 2. The van der Waals surface area contributed by atoms with Crippen molar-refractivity contribution in [1.82, 2.24) is 15.1 Å². The normalized spacial score (nSPS) is 15.0. The second-order valence-corrected chi connectivity index (χ2v) is 7.75. The molecule has 0 unspecified atom stereocenters. The molecule has 0 spiro atoms. The first-order chi connectivity index (χ1) is 14.9. The molecule has 6 heteroatoms. The molecule has 1 heterocycles. The van der Waals surface area contributed by atoms with Crippen molar-refractivity contribution >= 4 is 17.8 Å². The smallest absolute Gasteiger partial charge is 0.264 e. The summed E-state index contributed by atoms with van der Waals surface area (Å²) in [7, 11) is 3.40. The van der Waals surface area contributed by atoms with Gasteiger partial charge in [-0.25, -0.2) is 0 Å². The molecule has 6 nitrogen and oxygen atoms in total. The van der Waals surface area contributed by atoms with Gasteiger partial charge in [-0.05, 0) is 28.8 Å². The van der Waals surface area contributed by atoms with Crippen molar-refractivity contribution in [3.8, 4) is 0 Å². The first-order valence-corrected chi connectivity index (χ1v) is 10.0. The minimum absolute atomic E-state index is 0.0297. The van der Waals surface area contributed by atoms with E-state index in [-0.39, 0.29) is 24.3 Å². The number of benzene rings is 3. The van der Waals surface area contributed by atoms with Gasteiger partial charge in [0.1, 0.15) is 0 Å². The Morgan fingerprint density at radius 1 is 0.935 bits per heavy atom. The fraction of sp³-hybridized carbons (Fsp3) is 0.160. The van der Waals surface area contributed by atoms with Crippen LogP contribution in [0.25, 0.3) is 0 Å². The van der Waals surface area contributed by atoms with Gasteiger partial charge in [0.25, 0.3) is 11.8 Å². The van der Waals surface area contributed by atoms with Gasteiger partial charge in [-0.15, -0.1) is 0 Å². The van der Waals surface area contributed by atoms with Gasteiger partial charge in [0, 0.05) is 19.7 Å². The molecule has 1 aliphatic rings. The Kier molecular flexibility index (Phi) is 5.29. The Hall–Kier alpha value is -3.93. The van der Waals surface area contributed by atoms with Crippen LogP contribution in [-0.2, 0) is 16.9 Å². The van der Waals surface area contributed by atoms with E-state index in [0.29, 0.717) is 5.56 Å². The minimum Gasteiger partial charge on any atom is -0.345 e. The second-order valence-electron chi connectivity index (χ2n) is 7.75. The number of hydrogen-bond acceptors (Lipinski definition) is 3. The molecular formula is C25H24N4O2. The van der Waals surface area contributed by atoms with Crippen LogP contribution < -0.4 is 5.32 Å². The molecule has 156 valence electrons. The number of nitrogens with one attached hydrogen (secondary N) is 2. The quantitative estimate of drug-likeness (QED) is 0.676. The molecule has 0 radical (unpaired) electrons. The van der Waals surface area contributed by atoms with Crippen molar-refractivity contribution in [1.29, 1.82) is 5.41 Å². The van der Waals surface area contributed by atoms with Crippen molar-refractivity contribution in [3.63, 3.8) is 0 Å². The number of carbonyl (C=O) groups is 2. The van der Waals surface area contributed by atoms with Crippen molar-refractivity contribution < 1.29 is 9.59 Å². The summed E-state index contributed by atoms with van der Waals surface area (Å²) in [6.07, 6.45) is 0. The average Bonchev–Trinajstić information content (AvgIpc) is 3.05. The summed E-state index contributed by atoms with van der Waals surface area (Å²) in [4.78, 5) is 29.1. The third-order valence-corrected chi connectivity index (χ3v) is 5.48. The third-order valence-electron chi connectivity index (χ3n) is 5.48. The maximum absolute atomic E-state index is 13.8. The van der Waals surface area contributed by atoms with E-state index < -0.39 is 5.54 Å². The van der Waals surface area contributed by atoms with Crippen LogP contribution in [0.4, 0.5) is 0 Å². The Labute approximate surface area is 181 Å². The van der Waals surface area contributed by atoms with Crippen LogP contribution in [0.5, 0.6) is 0 Å². The van der Waals surface area contributed by atoms with Gasteiger partial charge in [-0.3, -0.25) is 19.9 Å². The Balaban J connectivity index is 1.72. The van der Waals surface area contributed by atoms with Gasteiger partial charge in [-0.2, -0.15) is 0 Å². The first kappa shape index (κ1) is 20.3. The maximum Gasteiger partial charge on any atom is 0.264 e. The second kappa shape index (κ2) is 8.07. The predicted octanol–water partition coefficient (Wildman–Crippen LogP) is 3.20. The summed E-state index contributed by atoms with van der Waals surface area (Å²) in [6, 6.07) is 26.1. The average molecular weight is 412 g/mol. The van der Waals surface area contributed by atoms with Gasteiger partial charge in [-0.1, -0.05) is 72.8 Å². The highest BCUT2D eigenvalue weighted by Gasteiger charge is 2.52. The van der Waals surface area contributed by atoms with Gasteiger partial charge in [0.2, 0.25) is 0 Å². The topological polar surface area (TPSA) is 76.5 Å².